The number of sulfonamides is 2. The van der Waals surface area contributed by atoms with E-state index >= 15 is 0 Å². The third-order valence-electron chi connectivity index (χ3n) is 4.27. The van der Waals surface area contributed by atoms with Crippen molar-refractivity contribution in [3.63, 3.8) is 0 Å². The van der Waals surface area contributed by atoms with Crippen molar-refractivity contribution in [1.82, 2.24) is 20.5 Å². The summed E-state index contributed by atoms with van der Waals surface area (Å²) in [4.78, 5) is 27.4. The van der Waals surface area contributed by atoms with Crippen molar-refractivity contribution in [2.24, 2.45) is 0 Å². The van der Waals surface area contributed by atoms with Crippen LogP contribution in [-0.2, 0) is 29.6 Å². The van der Waals surface area contributed by atoms with Gasteiger partial charge in [0.1, 0.15) is 9.81 Å². The zero-order chi connectivity index (χ0) is 22.1. The number of nitrogens with one attached hydrogen (secondary N) is 4. The summed E-state index contributed by atoms with van der Waals surface area (Å²) in [7, 11) is -8.77. The van der Waals surface area contributed by atoms with Crippen molar-refractivity contribution in [2.45, 2.75) is 13.8 Å². The number of rotatable bonds is 8. The fourth-order valence-corrected chi connectivity index (χ4v) is 5.35. The van der Waals surface area contributed by atoms with E-state index in [1.807, 2.05) is 4.83 Å². The monoisotopic (exact) mass is 452 g/mol. The minimum Gasteiger partial charge on any atom is -0.290 e. The Bertz CT molecular complexity index is 1330. The highest BCUT2D eigenvalue weighted by Gasteiger charge is 2.37. The van der Waals surface area contributed by atoms with E-state index < -0.39 is 35.6 Å². The topological polar surface area (TPSA) is 151 Å². The van der Waals surface area contributed by atoms with Crippen LogP contribution in [0.25, 0.3) is 23.1 Å². The molecule has 4 N–H and O–H groups in total. The molecule has 0 saturated carbocycles. The molecule has 0 heterocycles. The maximum Gasteiger partial charge on any atom is 0.257 e. The molecule has 12 heteroatoms. The summed E-state index contributed by atoms with van der Waals surface area (Å²) in [5.74, 6) is -1.43. The Morgan fingerprint density at radius 2 is 1.43 bits per heavy atom. The Balaban J connectivity index is 2.34. The van der Waals surface area contributed by atoms with E-state index in [9.17, 15) is 26.4 Å². The van der Waals surface area contributed by atoms with E-state index in [2.05, 4.69) is 15.7 Å². The number of Topliss-reactive ketones (excluding diaryl/α,β-unsaturated/α-hetero) is 1. The van der Waals surface area contributed by atoms with Gasteiger partial charge in [-0.3, -0.25) is 9.59 Å². The summed E-state index contributed by atoms with van der Waals surface area (Å²) in [6.45, 7) is 3.77. The van der Waals surface area contributed by atoms with Crippen LogP contribution in [0.5, 0.6) is 0 Å². The number of hydrogen-bond acceptors (Lipinski definition) is 8. The summed E-state index contributed by atoms with van der Waals surface area (Å²) in [5.41, 5.74) is 5.53. The predicted molar refractivity (Wildman–Crippen MR) is 112 cm³/mol. The van der Waals surface area contributed by atoms with Crippen LogP contribution in [0.2, 0.25) is 0 Å². The van der Waals surface area contributed by atoms with Gasteiger partial charge < -0.3 is 0 Å². The van der Waals surface area contributed by atoms with E-state index in [0.29, 0.717) is 10.8 Å². The maximum atomic E-state index is 13.0. The van der Waals surface area contributed by atoms with Gasteiger partial charge in [0, 0.05) is 18.3 Å². The van der Waals surface area contributed by atoms with Crippen LogP contribution < -0.4 is 31.0 Å². The first-order chi connectivity index (χ1) is 14.1. The van der Waals surface area contributed by atoms with Gasteiger partial charge in [-0.2, -0.15) is 0 Å². The molecule has 0 atom stereocenters. The molecule has 0 fully saturated rings. The number of ketones is 2. The van der Waals surface area contributed by atoms with Crippen molar-refractivity contribution in [3.05, 3.63) is 44.7 Å². The number of hydrazine groups is 2. The highest BCUT2D eigenvalue weighted by Crippen LogP contribution is 2.23. The molecular weight excluding hydrogens is 432 g/mol. The van der Waals surface area contributed by atoms with Gasteiger partial charge >= 0.3 is 0 Å². The normalized spacial score (nSPS) is 16.1. The quantitative estimate of drug-likeness (QED) is 0.330. The Morgan fingerprint density at radius 1 is 0.800 bits per heavy atom. The van der Waals surface area contributed by atoms with E-state index in [1.165, 1.54) is 30.4 Å². The second-order valence-corrected chi connectivity index (χ2v) is 9.66. The van der Waals surface area contributed by atoms with Crippen LogP contribution in [0.1, 0.15) is 25.0 Å². The van der Waals surface area contributed by atoms with Gasteiger partial charge in [0.25, 0.3) is 20.0 Å². The lowest BCUT2D eigenvalue weighted by molar-refractivity contribution is -0.110. The van der Waals surface area contributed by atoms with Crippen molar-refractivity contribution < 1.29 is 26.4 Å². The van der Waals surface area contributed by atoms with Crippen LogP contribution >= 0.6 is 0 Å². The lowest BCUT2D eigenvalue weighted by Gasteiger charge is -2.18. The average Bonchev–Trinajstić information content (AvgIpc) is 2.68. The van der Waals surface area contributed by atoms with Crippen molar-refractivity contribution >= 4 is 54.7 Å². The van der Waals surface area contributed by atoms with Crippen LogP contribution in [0.4, 0.5) is 0 Å². The summed E-state index contributed by atoms with van der Waals surface area (Å²) in [5, 5.41) is 0.526. The summed E-state index contributed by atoms with van der Waals surface area (Å²) in [6.07, 6.45) is 5.26. The second-order valence-electron chi connectivity index (χ2n) is 6.39. The zero-order valence-corrected chi connectivity index (χ0v) is 17.8. The lowest BCUT2D eigenvalue weighted by atomic mass is 9.97. The Hall–Kier alpha value is -2.48. The third-order valence-corrected chi connectivity index (χ3v) is 6.92. The Kier molecular flexibility index (Phi) is 6.17. The molecule has 0 aliphatic heterocycles. The molecule has 0 radical (unpaired) electrons. The molecule has 2 aliphatic rings. The number of fused-ring (bicyclic) bond motifs is 2. The molecule has 30 heavy (non-hydrogen) atoms. The average molecular weight is 453 g/mol. The number of carbonyl (C=O) groups excluding carboxylic acids is 2. The standard InChI is InChI=1S/C18H20N4O6S2/c1-3-19-21-29(25,26)16-10-13-7-12-8-14(23)6-5-11(12)9-15(13)18(17(16)24)30(27,28)22-20-4-2/h5-10,19-22H,3-4H2,1-2H3. The molecule has 160 valence electrons. The minimum absolute atomic E-state index is 0.0407. The first kappa shape index (κ1) is 22.2. The van der Waals surface area contributed by atoms with Crippen molar-refractivity contribution in [1.29, 1.82) is 0 Å². The predicted octanol–water partition coefficient (Wildman–Crippen LogP) is -2.02. The number of benzene rings is 1. The molecule has 0 aromatic heterocycles. The Labute approximate surface area is 173 Å². The fourth-order valence-electron chi connectivity index (χ4n) is 2.96. The summed E-state index contributed by atoms with van der Waals surface area (Å²) in [6, 6.07) is 2.92. The van der Waals surface area contributed by atoms with Gasteiger partial charge in [0.15, 0.2) is 5.78 Å². The lowest BCUT2D eigenvalue weighted by Crippen LogP contribution is -2.45. The molecule has 0 spiro atoms. The van der Waals surface area contributed by atoms with Crippen LogP contribution in [0, 0.1) is 0 Å². The second kappa shape index (κ2) is 8.34. The molecular formula is C18H20N4O6S2. The van der Waals surface area contributed by atoms with Crippen molar-refractivity contribution in [3.8, 4) is 0 Å². The minimum atomic E-state index is -4.41. The highest BCUT2D eigenvalue weighted by molar-refractivity contribution is 8.00. The maximum absolute atomic E-state index is 13.0. The van der Waals surface area contributed by atoms with Crippen molar-refractivity contribution in [2.75, 3.05) is 13.1 Å². The highest BCUT2D eigenvalue weighted by atomic mass is 32.2. The molecule has 0 amide bonds. The molecule has 0 bridgehead atoms. The van der Waals surface area contributed by atoms with Gasteiger partial charge in [-0.05, 0) is 46.7 Å². The van der Waals surface area contributed by atoms with Crippen LogP contribution in [-0.4, -0.2) is 41.5 Å². The van der Waals surface area contributed by atoms with Gasteiger partial charge in [-0.1, -0.05) is 19.9 Å². The van der Waals surface area contributed by atoms with E-state index in [4.69, 9.17) is 0 Å². The van der Waals surface area contributed by atoms with Gasteiger partial charge in [0.05, 0.1) is 0 Å². The van der Waals surface area contributed by atoms with Gasteiger partial charge in [-0.25, -0.2) is 27.7 Å². The largest absolute Gasteiger partial charge is 0.290 e. The van der Waals surface area contributed by atoms with E-state index in [0.717, 1.165) is 6.08 Å². The summed E-state index contributed by atoms with van der Waals surface area (Å²) >= 11 is 0. The van der Waals surface area contributed by atoms with Crippen LogP contribution in [0.3, 0.4) is 0 Å². The molecule has 2 aliphatic carbocycles. The smallest absolute Gasteiger partial charge is 0.257 e. The molecule has 1 aromatic carbocycles. The zero-order valence-electron chi connectivity index (χ0n) is 16.1. The fraction of sp³-hybridized carbons (Fsp3) is 0.222. The third kappa shape index (κ3) is 4.19. The summed E-state index contributed by atoms with van der Waals surface area (Å²) < 4.78 is 50.9. The number of allylic oxidation sites excluding steroid dienone is 2. The number of hydrogen-bond donors (Lipinski definition) is 4. The number of carbonyl (C=O) groups is 2. The van der Waals surface area contributed by atoms with Gasteiger partial charge in [-0.15, -0.1) is 9.66 Å². The Morgan fingerprint density at radius 3 is 2.07 bits per heavy atom. The molecule has 10 nitrogen and oxygen atoms in total. The van der Waals surface area contributed by atoms with E-state index in [1.54, 1.807) is 13.8 Å². The van der Waals surface area contributed by atoms with Gasteiger partial charge in [0.2, 0.25) is 5.78 Å². The first-order valence-electron chi connectivity index (χ1n) is 8.98. The molecule has 1 aromatic rings. The molecule has 0 saturated heterocycles. The van der Waals surface area contributed by atoms with E-state index in [-0.39, 0.29) is 29.7 Å². The molecule has 0 unspecified atom stereocenters. The SMILES string of the molecule is CCNNS(=O)(=O)C1=Cc2cc3c(cc2=C(S(=O)(=O)NNCC)C1=O)C=CC(=O)C=3. The van der Waals surface area contributed by atoms with Crippen LogP contribution in [0.15, 0.2) is 23.1 Å². The molecule has 3 rings (SSSR count). The first-order valence-corrected chi connectivity index (χ1v) is 11.9.